The number of likely N-dealkylation sites (tertiary alicyclic amines) is 1. The standard InChI is InChI=1S/C13H20BrN5O/c1-8-7-19(2)4-3-11(8)17-13(20)10-5-9(14)6-16-12(10)18-15/h5-6,8,11H,3-4,7,15H2,1-2H3,(H,16,18)(H,17,20). The molecule has 6 nitrogen and oxygen atoms in total. The van der Waals surface area contributed by atoms with Gasteiger partial charge in [0.1, 0.15) is 0 Å². The molecule has 7 heteroatoms. The number of amides is 1. The zero-order valence-corrected chi connectivity index (χ0v) is 13.3. The zero-order chi connectivity index (χ0) is 14.7. The third-order valence-electron chi connectivity index (χ3n) is 3.66. The Morgan fingerprint density at radius 2 is 2.35 bits per heavy atom. The van der Waals surface area contributed by atoms with Gasteiger partial charge in [-0.1, -0.05) is 6.92 Å². The minimum Gasteiger partial charge on any atom is -0.349 e. The van der Waals surface area contributed by atoms with Crippen LogP contribution in [-0.2, 0) is 0 Å². The Balaban J connectivity index is 2.10. The highest BCUT2D eigenvalue weighted by molar-refractivity contribution is 9.10. The van der Waals surface area contributed by atoms with Crippen LogP contribution in [0.2, 0.25) is 0 Å². The number of hydrogen-bond acceptors (Lipinski definition) is 5. The maximum Gasteiger partial charge on any atom is 0.255 e. The second-order valence-electron chi connectivity index (χ2n) is 5.30. The molecule has 0 saturated carbocycles. The first-order valence-corrected chi connectivity index (χ1v) is 7.42. The minimum atomic E-state index is -0.145. The number of piperidine rings is 1. The van der Waals surface area contributed by atoms with Crippen molar-refractivity contribution in [2.75, 3.05) is 25.6 Å². The van der Waals surface area contributed by atoms with E-state index in [2.05, 4.69) is 50.5 Å². The van der Waals surface area contributed by atoms with Gasteiger partial charge in [0.25, 0.3) is 5.91 Å². The fourth-order valence-electron chi connectivity index (χ4n) is 2.54. The molecule has 20 heavy (non-hydrogen) atoms. The summed E-state index contributed by atoms with van der Waals surface area (Å²) in [5.74, 6) is 6.06. The Labute approximate surface area is 127 Å². The van der Waals surface area contributed by atoms with E-state index in [0.29, 0.717) is 17.3 Å². The molecule has 4 N–H and O–H groups in total. The molecular formula is C13H20BrN5O. The monoisotopic (exact) mass is 341 g/mol. The van der Waals surface area contributed by atoms with Crippen LogP contribution in [0, 0.1) is 5.92 Å². The Hall–Kier alpha value is -1.18. The number of carbonyl (C=O) groups is 1. The van der Waals surface area contributed by atoms with Crippen molar-refractivity contribution in [1.82, 2.24) is 15.2 Å². The second kappa shape index (κ2) is 6.51. The lowest BCUT2D eigenvalue weighted by Gasteiger charge is -2.35. The van der Waals surface area contributed by atoms with Crippen LogP contribution in [0.5, 0.6) is 0 Å². The van der Waals surface area contributed by atoms with Crippen molar-refractivity contribution in [3.63, 3.8) is 0 Å². The fourth-order valence-corrected chi connectivity index (χ4v) is 2.87. The summed E-state index contributed by atoms with van der Waals surface area (Å²) >= 11 is 3.32. The van der Waals surface area contributed by atoms with Crippen molar-refractivity contribution in [2.45, 2.75) is 19.4 Å². The van der Waals surface area contributed by atoms with Gasteiger partial charge in [0, 0.05) is 23.3 Å². The molecule has 1 fully saturated rings. The molecule has 2 rings (SSSR count). The highest BCUT2D eigenvalue weighted by Crippen LogP contribution is 2.20. The fraction of sp³-hybridized carbons (Fsp3) is 0.538. The quantitative estimate of drug-likeness (QED) is 0.568. The van der Waals surface area contributed by atoms with Crippen molar-refractivity contribution in [2.24, 2.45) is 11.8 Å². The molecule has 2 atom stereocenters. The molecule has 0 aromatic carbocycles. The summed E-state index contributed by atoms with van der Waals surface area (Å²) < 4.78 is 0.748. The number of carbonyl (C=O) groups excluding carboxylic acids is 1. The lowest BCUT2D eigenvalue weighted by molar-refractivity contribution is 0.0884. The van der Waals surface area contributed by atoms with Crippen LogP contribution in [0.15, 0.2) is 16.7 Å². The number of nitrogens with one attached hydrogen (secondary N) is 2. The molecule has 1 aromatic rings. The van der Waals surface area contributed by atoms with Gasteiger partial charge in [-0.15, -0.1) is 0 Å². The number of pyridine rings is 1. The molecule has 110 valence electrons. The minimum absolute atomic E-state index is 0.145. The topological polar surface area (TPSA) is 83.3 Å². The maximum atomic E-state index is 12.4. The van der Waals surface area contributed by atoms with Crippen molar-refractivity contribution in [1.29, 1.82) is 0 Å². The SMILES string of the molecule is CC1CN(C)CCC1NC(=O)c1cc(Br)cnc1NN. The Morgan fingerprint density at radius 1 is 1.60 bits per heavy atom. The molecular weight excluding hydrogens is 322 g/mol. The molecule has 1 amide bonds. The first-order valence-electron chi connectivity index (χ1n) is 6.63. The Bertz CT molecular complexity index is 496. The van der Waals surface area contributed by atoms with Crippen LogP contribution in [0.3, 0.4) is 0 Å². The third kappa shape index (κ3) is 3.47. The van der Waals surface area contributed by atoms with Crippen LogP contribution in [0.25, 0.3) is 0 Å². The lowest BCUT2D eigenvalue weighted by Crippen LogP contribution is -2.49. The van der Waals surface area contributed by atoms with E-state index in [0.717, 1.165) is 24.0 Å². The number of aromatic nitrogens is 1. The van der Waals surface area contributed by atoms with Crippen molar-refractivity contribution < 1.29 is 4.79 Å². The number of halogens is 1. The maximum absolute atomic E-state index is 12.4. The summed E-state index contributed by atoms with van der Waals surface area (Å²) in [4.78, 5) is 18.8. The predicted octanol–water partition coefficient (Wildman–Crippen LogP) is 1.20. The van der Waals surface area contributed by atoms with Gasteiger partial charge >= 0.3 is 0 Å². The van der Waals surface area contributed by atoms with Crippen LogP contribution >= 0.6 is 15.9 Å². The number of nitrogens with zero attached hydrogens (tertiary/aromatic N) is 2. The van der Waals surface area contributed by atoms with Gasteiger partial charge in [-0.3, -0.25) is 4.79 Å². The molecule has 2 heterocycles. The molecule has 1 aromatic heterocycles. The Morgan fingerprint density at radius 3 is 3.00 bits per heavy atom. The molecule has 1 saturated heterocycles. The van der Waals surface area contributed by atoms with Crippen LogP contribution in [-0.4, -0.2) is 42.0 Å². The van der Waals surface area contributed by atoms with Gasteiger partial charge in [-0.25, -0.2) is 10.8 Å². The van der Waals surface area contributed by atoms with Crippen LogP contribution in [0.4, 0.5) is 5.82 Å². The van der Waals surface area contributed by atoms with Gasteiger partial charge in [0.2, 0.25) is 0 Å². The van der Waals surface area contributed by atoms with Crippen LogP contribution in [0.1, 0.15) is 23.7 Å². The zero-order valence-electron chi connectivity index (χ0n) is 11.7. The summed E-state index contributed by atoms with van der Waals surface area (Å²) in [6.07, 6.45) is 2.56. The normalized spacial score (nSPS) is 23.4. The lowest BCUT2D eigenvalue weighted by atomic mass is 9.94. The third-order valence-corrected chi connectivity index (χ3v) is 4.09. The molecule has 0 radical (unpaired) electrons. The van der Waals surface area contributed by atoms with Crippen molar-refractivity contribution in [3.05, 3.63) is 22.3 Å². The van der Waals surface area contributed by atoms with Crippen molar-refractivity contribution in [3.8, 4) is 0 Å². The van der Waals surface area contributed by atoms with Gasteiger partial charge in [0.15, 0.2) is 5.82 Å². The van der Waals surface area contributed by atoms with Gasteiger partial charge in [-0.05, 0) is 47.9 Å². The molecule has 0 aliphatic carbocycles. The summed E-state index contributed by atoms with van der Waals surface area (Å²) in [7, 11) is 2.10. The number of anilines is 1. The average molecular weight is 342 g/mol. The van der Waals surface area contributed by atoms with E-state index in [-0.39, 0.29) is 11.9 Å². The van der Waals surface area contributed by atoms with E-state index in [1.165, 1.54) is 0 Å². The van der Waals surface area contributed by atoms with E-state index in [4.69, 9.17) is 5.84 Å². The number of hydrazine groups is 1. The molecule has 2 unspecified atom stereocenters. The Kier molecular flexibility index (Phi) is 4.95. The van der Waals surface area contributed by atoms with Gasteiger partial charge in [0.05, 0.1) is 5.56 Å². The highest BCUT2D eigenvalue weighted by Gasteiger charge is 2.26. The van der Waals surface area contributed by atoms with E-state index >= 15 is 0 Å². The second-order valence-corrected chi connectivity index (χ2v) is 6.22. The number of nitrogen functional groups attached to an aromatic ring is 1. The largest absolute Gasteiger partial charge is 0.349 e. The first-order chi connectivity index (χ1) is 9.51. The molecule has 1 aliphatic rings. The van der Waals surface area contributed by atoms with E-state index in [1.54, 1.807) is 12.3 Å². The molecule has 0 spiro atoms. The predicted molar refractivity (Wildman–Crippen MR) is 82.3 cm³/mol. The number of nitrogens with two attached hydrogens (primary N) is 1. The first kappa shape index (κ1) is 15.2. The van der Waals surface area contributed by atoms with Gasteiger partial charge < -0.3 is 15.6 Å². The van der Waals surface area contributed by atoms with E-state index < -0.39 is 0 Å². The molecule has 0 bridgehead atoms. The van der Waals surface area contributed by atoms with E-state index in [1.807, 2.05) is 0 Å². The number of hydrogen-bond donors (Lipinski definition) is 3. The van der Waals surface area contributed by atoms with E-state index in [9.17, 15) is 4.79 Å². The summed E-state index contributed by atoms with van der Waals surface area (Å²) in [6, 6.07) is 1.90. The summed E-state index contributed by atoms with van der Waals surface area (Å²) in [5.41, 5.74) is 2.91. The van der Waals surface area contributed by atoms with Crippen LogP contribution < -0.4 is 16.6 Å². The van der Waals surface area contributed by atoms with Gasteiger partial charge in [-0.2, -0.15) is 0 Å². The van der Waals surface area contributed by atoms with Crippen molar-refractivity contribution >= 4 is 27.7 Å². The number of rotatable bonds is 3. The summed E-state index contributed by atoms with van der Waals surface area (Å²) in [6.45, 7) is 4.14. The summed E-state index contributed by atoms with van der Waals surface area (Å²) in [5, 5.41) is 3.09. The average Bonchev–Trinajstić information content (AvgIpc) is 2.41. The smallest absolute Gasteiger partial charge is 0.255 e. The molecule has 1 aliphatic heterocycles. The highest BCUT2D eigenvalue weighted by atomic mass is 79.9.